The van der Waals surface area contributed by atoms with Crippen molar-refractivity contribution in [3.05, 3.63) is 118 Å². The minimum atomic E-state index is -0.333. The van der Waals surface area contributed by atoms with Crippen LogP contribution in [-0.4, -0.2) is 11.8 Å². The zero-order valence-electron chi connectivity index (χ0n) is 17.4. The number of amides is 2. The molecule has 4 aromatic rings. The molecule has 0 atom stereocenters. The molecule has 2 amide bonds. The second kappa shape index (κ2) is 8.74. The molecular formula is C27H18Cl2N2O2. The molecule has 1 heterocycles. The van der Waals surface area contributed by atoms with Crippen LogP contribution in [0.5, 0.6) is 0 Å². The fraction of sp³-hybridized carbons (Fsp3) is 0.0370. The number of halogens is 2. The number of benzene rings is 4. The highest BCUT2D eigenvalue weighted by atomic mass is 35.5. The summed E-state index contributed by atoms with van der Waals surface area (Å²) in [7, 11) is 0. The van der Waals surface area contributed by atoms with Gasteiger partial charge in [0.1, 0.15) is 0 Å². The molecule has 1 N–H and O–H groups in total. The van der Waals surface area contributed by atoms with Crippen LogP contribution >= 0.6 is 23.2 Å². The van der Waals surface area contributed by atoms with E-state index in [1.54, 1.807) is 41.3 Å². The van der Waals surface area contributed by atoms with Crippen LogP contribution in [0.3, 0.4) is 0 Å². The summed E-state index contributed by atoms with van der Waals surface area (Å²) in [5.74, 6) is -0.554. The molecular weight excluding hydrogens is 455 g/mol. The third-order valence-electron chi connectivity index (χ3n) is 5.64. The van der Waals surface area contributed by atoms with Crippen molar-refractivity contribution in [1.29, 1.82) is 0 Å². The molecule has 0 aliphatic carbocycles. The monoisotopic (exact) mass is 472 g/mol. The van der Waals surface area contributed by atoms with E-state index in [1.165, 1.54) is 0 Å². The Morgan fingerprint density at radius 3 is 2.06 bits per heavy atom. The summed E-state index contributed by atoms with van der Waals surface area (Å²) in [6.07, 6.45) is 0. The summed E-state index contributed by atoms with van der Waals surface area (Å²) < 4.78 is 0. The van der Waals surface area contributed by atoms with Gasteiger partial charge in [0.05, 0.1) is 28.0 Å². The lowest BCUT2D eigenvalue weighted by atomic mass is 9.93. The van der Waals surface area contributed by atoms with E-state index in [9.17, 15) is 9.59 Å². The molecule has 4 aromatic carbocycles. The molecule has 0 saturated heterocycles. The SMILES string of the molecule is O=C(Nc1c(Cl)cc(C(=O)N2Cc3ccccc3-c3ccccc32)cc1Cl)c1ccccc1. The van der Waals surface area contributed by atoms with Gasteiger partial charge in [-0.15, -0.1) is 0 Å². The van der Waals surface area contributed by atoms with Crippen LogP contribution in [0.25, 0.3) is 11.1 Å². The van der Waals surface area contributed by atoms with Gasteiger partial charge in [-0.05, 0) is 41.5 Å². The summed E-state index contributed by atoms with van der Waals surface area (Å²) in [6.45, 7) is 0.438. The van der Waals surface area contributed by atoms with Crippen LogP contribution < -0.4 is 10.2 Å². The summed E-state index contributed by atoms with van der Waals surface area (Å²) >= 11 is 12.9. The topological polar surface area (TPSA) is 49.4 Å². The van der Waals surface area contributed by atoms with Gasteiger partial charge < -0.3 is 10.2 Å². The summed E-state index contributed by atoms with van der Waals surface area (Å²) in [6, 6.07) is 27.7. The fourth-order valence-electron chi connectivity index (χ4n) is 4.04. The maximum atomic E-state index is 13.6. The van der Waals surface area contributed by atoms with Crippen molar-refractivity contribution in [1.82, 2.24) is 0 Å². The largest absolute Gasteiger partial charge is 0.319 e. The Morgan fingerprint density at radius 1 is 0.727 bits per heavy atom. The van der Waals surface area contributed by atoms with Crippen molar-refractivity contribution in [2.45, 2.75) is 6.54 Å². The first-order chi connectivity index (χ1) is 16.0. The van der Waals surface area contributed by atoms with Crippen LogP contribution in [0.2, 0.25) is 10.0 Å². The predicted molar refractivity (Wildman–Crippen MR) is 133 cm³/mol. The van der Waals surface area contributed by atoms with Crippen molar-refractivity contribution in [3.8, 4) is 11.1 Å². The van der Waals surface area contributed by atoms with Crippen LogP contribution in [0.4, 0.5) is 11.4 Å². The maximum absolute atomic E-state index is 13.6. The van der Waals surface area contributed by atoms with Gasteiger partial charge in [0.2, 0.25) is 0 Å². The van der Waals surface area contributed by atoms with Crippen molar-refractivity contribution in [2.24, 2.45) is 0 Å². The van der Waals surface area contributed by atoms with Crippen LogP contribution in [0.15, 0.2) is 91.0 Å². The Labute approximate surface area is 201 Å². The molecule has 0 saturated carbocycles. The van der Waals surface area contributed by atoms with E-state index in [-0.39, 0.29) is 27.5 Å². The standard InChI is InChI=1S/C27H18Cl2N2O2/c28-22-14-19(15-23(29)25(22)30-26(32)17-8-2-1-3-9-17)27(33)31-16-18-10-4-5-11-20(18)21-12-6-7-13-24(21)31/h1-15H,16H2,(H,30,32). The van der Waals surface area contributed by atoms with Gasteiger partial charge in [-0.2, -0.15) is 0 Å². The summed E-state index contributed by atoms with van der Waals surface area (Å²) in [5.41, 5.74) is 5.10. The van der Waals surface area contributed by atoms with Gasteiger partial charge in [-0.3, -0.25) is 9.59 Å². The first kappa shape index (κ1) is 21.3. The van der Waals surface area contributed by atoms with Gasteiger partial charge in [0, 0.05) is 16.7 Å². The summed E-state index contributed by atoms with van der Waals surface area (Å²) in [4.78, 5) is 27.8. The second-order valence-corrected chi connectivity index (χ2v) is 8.52. The molecule has 4 nitrogen and oxygen atoms in total. The lowest BCUT2D eigenvalue weighted by molar-refractivity contribution is 0.0983. The lowest BCUT2D eigenvalue weighted by Gasteiger charge is -2.31. The third kappa shape index (κ3) is 3.99. The minimum absolute atomic E-state index is 0.195. The number of hydrogen-bond acceptors (Lipinski definition) is 2. The average molecular weight is 473 g/mol. The van der Waals surface area contributed by atoms with E-state index in [0.717, 1.165) is 22.4 Å². The van der Waals surface area contributed by atoms with Gasteiger partial charge in [0.15, 0.2) is 0 Å². The quantitative estimate of drug-likeness (QED) is 0.346. The number of hydrogen-bond donors (Lipinski definition) is 1. The Balaban J connectivity index is 1.47. The van der Waals surface area contributed by atoms with Gasteiger partial charge in [-0.25, -0.2) is 0 Å². The molecule has 0 spiro atoms. The third-order valence-corrected chi connectivity index (χ3v) is 6.24. The lowest BCUT2D eigenvalue weighted by Crippen LogP contribution is -2.33. The second-order valence-electron chi connectivity index (χ2n) is 7.70. The highest BCUT2D eigenvalue weighted by Gasteiger charge is 2.27. The maximum Gasteiger partial charge on any atom is 0.258 e. The number of carbonyl (C=O) groups excluding carboxylic acids is 2. The highest BCUT2D eigenvalue weighted by molar-refractivity contribution is 6.40. The molecule has 33 heavy (non-hydrogen) atoms. The molecule has 0 aromatic heterocycles. The Bertz CT molecular complexity index is 1360. The van der Waals surface area contributed by atoms with E-state index in [2.05, 4.69) is 11.4 Å². The molecule has 6 heteroatoms. The van der Waals surface area contributed by atoms with E-state index >= 15 is 0 Å². The van der Waals surface area contributed by atoms with Gasteiger partial charge in [-0.1, -0.05) is 83.9 Å². The average Bonchev–Trinajstić information content (AvgIpc) is 2.85. The molecule has 0 bridgehead atoms. The molecule has 0 fully saturated rings. The number of anilines is 2. The molecule has 1 aliphatic rings. The number of nitrogens with zero attached hydrogens (tertiary/aromatic N) is 1. The van der Waals surface area contributed by atoms with E-state index in [0.29, 0.717) is 17.7 Å². The Hall–Kier alpha value is -3.60. The van der Waals surface area contributed by atoms with Crippen LogP contribution in [-0.2, 0) is 6.54 Å². The van der Waals surface area contributed by atoms with Crippen molar-refractivity contribution >= 4 is 46.4 Å². The first-order valence-electron chi connectivity index (χ1n) is 10.4. The predicted octanol–water partition coefficient (Wildman–Crippen LogP) is 7.07. The van der Waals surface area contributed by atoms with E-state index < -0.39 is 0 Å². The van der Waals surface area contributed by atoms with Crippen LogP contribution in [0.1, 0.15) is 26.3 Å². The Kier molecular flexibility index (Phi) is 5.63. The first-order valence-corrected chi connectivity index (χ1v) is 11.1. The van der Waals surface area contributed by atoms with Crippen molar-refractivity contribution in [3.63, 3.8) is 0 Å². The number of nitrogens with one attached hydrogen (secondary N) is 1. The molecule has 1 aliphatic heterocycles. The molecule has 162 valence electrons. The Morgan fingerprint density at radius 2 is 1.33 bits per heavy atom. The number of para-hydroxylation sites is 1. The van der Waals surface area contributed by atoms with Gasteiger partial charge in [0.25, 0.3) is 11.8 Å². The van der Waals surface area contributed by atoms with Crippen LogP contribution in [0, 0.1) is 0 Å². The number of rotatable bonds is 3. The van der Waals surface area contributed by atoms with Crippen molar-refractivity contribution < 1.29 is 9.59 Å². The number of carbonyl (C=O) groups is 2. The van der Waals surface area contributed by atoms with E-state index in [1.807, 2.05) is 48.5 Å². The zero-order chi connectivity index (χ0) is 22.9. The molecule has 0 radical (unpaired) electrons. The fourth-order valence-corrected chi connectivity index (χ4v) is 4.62. The zero-order valence-corrected chi connectivity index (χ0v) is 18.9. The highest BCUT2D eigenvalue weighted by Crippen LogP contribution is 2.40. The molecule has 0 unspecified atom stereocenters. The smallest absolute Gasteiger partial charge is 0.258 e. The minimum Gasteiger partial charge on any atom is -0.319 e. The van der Waals surface area contributed by atoms with Crippen molar-refractivity contribution in [2.75, 3.05) is 10.2 Å². The normalized spacial score (nSPS) is 12.0. The van der Waals surface area contributed by atoms with E-state index in [4.69, 9.17) is 23.2 Å². The van der Waals surface area contributed by atoms with Gasteiger partial charge >= 0.3 is 0 Å². The summed E-state index contributed by atoms with van der Waals surface area (Å²) in [5, 5.41) is 3.13. The number of fused-ring (bicyclic) bond motifs is 3. The molecule has 5 rings (SSSR count).